The highest BCUT2D eigenvalue weighted by Crippen LogP contribution is 2.36. The van der Waals surface area contributed by atoms with Crippen molar-refractivity contribution in [2.45, 2.75) is 12.1 Å². The topological polar surface area (TPSA) is 62.3 Å². The van der Waals surface area contributed by atoms with Gasteiger partial charge in [0.25, 0.3) is 0 Å². The van der Waals surface area contributed by atoms with Crippen LogP contribution in [0.3, 0.4) is 0 Å². The van der Waals surface area contributed by atoms with Crippen LogP contribution in [0.15, 0.2) is 42.6 Å². The van der Waals surface area contributed by atoms with Gasteiger partial charge in [-0.3, -0.25) is 9.59 Å². The minimum atomic E-state index is -4.48. The first kappa shape index (κ1) is 18.8. The summed E-state index contributed by atoms with van der Waals surface area (Å²) in [6.45, 7) is 0.164. The number of carbonyl (C=O) groups is 2. The Bertz CT molecular complexity index is 868. The van der Waals surface area contributed by atoms with E-state index < -0.39 is 41.3 Å². The number of alkyl halides is 3. The maximum Gasteiger partial charge on any atom is 0.416 e. The summed E-state index contributed by atoms with van der Waals surface area (Å²) in [6, 6.07) is 7.06. The van der Waals surface area contributed by atoms with Crippen LogP contribution in [0, 0.1) is 11.9 Å². The van der Waals surface area contributed by atoms with Crippen LogP contribution in [0.2, 0.25) is 0 Å². The van der Waals surface area contributed by atoms with Crippen molar-refractivity contribution >= 4 is 17.5 Å². The maximum absolute atomic E-state index is 13.7. The van der Waals surface area contributed by atoms with Crippen LogP contribution in [-0.2, 0) is 15.8 Å². The molecule has 2 amide bonds. The average molecular weight is 381 g/mol. The van der Waals surface area contributed by atoms with Crippen molar-refractivity contribution in [3.63, 3.8) is 0 Å². The van der Waals surface area contributed by atoms with Gasteiger partial charge in [-0.15, -0.1) is 0 Å². The van der Waals surface area contributed by atoms with Gasteiger partial charge in [0, 0.05) is 25.7 Å². The zero-order valence-corrected chi connectivity index (χ0v) is 14.1. The minimum Gasteiger partial charge on any atom is -0.344 e. The first-order valence-electron chi connectivity index (χ1n) is 8.02. The lowest BCUT2D eigenvalue weighted by molar-refractivity contribution is -0.138. The van der Waals surface area contributed by atoms with Gasteiger partial charge in [-0.2, -0.15) is 17.6 Å². The third-order valence-electron chi connectivity index (χ3n) is 4.48. The van der Waals surface area contributed by atoms with Crippen molar-refractivity contribution in [1.82, 2.24) is 9.88 Å². The average Bonchev–Trinajstić information content (AvgIpc) is 2.91. The molecule has 0 radical (unpaired) electrons. The summed E-state index contributed by atoms with van der Waals surface area (Å²) in [7, 11) is 1.50. The number of rotatable bonds is 3. The SMILES string of the molecule is CN1C[C@H](c2ccc(C(F)(F)F)cc2)[C@@H](C(=O)Nc2cccnc2F)C1=O. The second-order valence-corrected chi connectivity index (χ2v) is 6.25. The monoisotopic (exact) mass is 381 g/mol. The van der Waals surface area contributed by atoms with Gasteiger partial charge >= 0.3 is 6.18 Å². The molecule has 1 fully saturated rings. The van der Waals surface area contributed by atoms with Crippen molar-refractivity contribution in [1.29, 1.82) is 0 Å². The van der Waals surface area contributed by atoms with Crippen LogP contribution in [0.1, 0.15) is 17.0 Å². The summed E-state index contributed by atoms with van der Waals surface area (Å²) in [4.78, 5) is 29.8. The Hall–Kier alpha value is -2.97. The highest BCUT2D eigenvalue weighted by molar-refractivity contribution is 6.08. The van der Waals surface area contributed by atoms with Gasteiger partial charge in [-0.25, -0.2) is 4.98 Å². The largest absolute Gasteiger partial charge is 0.416 e. The molecule has 1 N–H and O–H groups in total. The first-order chi connectivity index (χ1) is 12.7. The zero-order valence-electron chi connectivity index (χ0n) is 14.1. The number of amides is 2. The van der Waals surface area contributed by atoms with Crippen molar-refractivity contribution in [2.24, 2.45) is 5.92 Å². The number of hydrogen-bond donors (Lipinski definition) is 1. The van der Waals surface area contributed by atoms with E-state index in [4.69, 9.17) is 0 Å². The first-order valence-corrected chi connectivity index (χ1v) is 8.02. The van der Waals surface area contributed by atoms with E-state index in [9.17, 15) is 27.2 Å². The molecule has 9 heteroatoms. The number of carbonyl (C=O) groups excluding carboxylic acids is 2. The van der Waals surface area contributed by atoms with Gasteiger partial charge in [0.2, 0.25) is 17.8 Å². The zero-order chi connectivity index (χ0) is 19.8. The van der Waals surface area contributed by atoms with Crippen LogP contribution in [0.25, 0.3) is 0 Å². The van der Waals surface area contributed by atoms with Gasteiger partial charge in [0.05, 0.1) is 11.3 Å². The number of pyridine rings is 1. The molecule has 2 atom stereocenters. The summed E-state index contributed by atoms with van der Waals surface area (Å²) >= 11 is 0. The molecule has 0 saturated carbocycles. The van der Waals surface area contributed by atoms with Crippen LogP contribution in [-0.4, -0.2) is 35.3 Å². The second-order valence-electron chi connectivity index (χ2n) is 6.25. The van der Waals surface area contributed by atoms with E-state index in [1.807, 2.05) is 0 Å². The Morgan fingerprint density at radius 2 is 1.89 bits per heavy atom. The molecular weight excluding hydrogens is 366 g/mol. The quantitative estimate of drug-likeness (QED) is 0.505. The van der Waals surface area contributed by atoms with Gasteiger partial charge in [-0.1, -0.05) is 12.1 Å². The molecule has 0 unspecified atom stereocenters. The molecule has 1 aromatic carbocycles. The number of benzene rings is 1. The van der Waals surface area contributed by atoms with Gasteiger partial charge in [-0.05, 0) is 29.8 Å². The molecule has 27 heavy (non-hydrogen) atoms. The number of hydrogen-bond acceptors (Lipinski definition) is 3. The highest BCUT2D eigenvalue weighted by atomic mass is 19.4. The third-order valence-corrected chi connectivity index (χ3v) is 4.48. The van der Waals surface area contributed by atoms with Crippen LogP contribution < -0.4 is 5.32 Å². The van der Waals surface area contributed by atoms with Gasteiger partial charge < -0.3 is 10.2 Å². The van der Waals surface area contributed by atoms with E-state index in [0.717, 1.165) is 12.1 Å². The number of aromatic nitrogens is 1. The Kier molecular flexibility index (Phi) is 4.86. The molecule has 0 spiro atoms. The number of nitrogens with one attached hydrogen (secondary N) is 1. The van der Waals surface area contributed by atoms with Crippen LogP contribution in [0.4, 0.5) is 23.2 Å². The maximum atomic E-state index is 13.7. The molecule has 1 aromatic heterocycles. The number of likely N-dealkylation sites (tertiary alicyclic amines) is 1. The van der Waals surface area contributed by atoms with Gasteiger partial charge in [0.1, 0.15) is 5.92 Å². The lowest BCUT2D eigenvalue weighted by atomic mass is 9.87. The predicted octanol–water partition coefficient (Wildman–Crippen LogP) is 3.05. The molecule has 2 aromatic rings. The molecule has 5 nitrogen and oxygen atoms in total. The van der Waals surface area contributed by atoms with E-state index in [0.29, 0.717) is 5.56 Å². The number of nitrogens with zero attached hydrogens (tertiary/aromatic N) is 2. The van der Waals surface area contributed by atoms with Crippen molar-refractivity contribution in [3.05, 3.63) is 59.7 Å². The smallest absolute Gasteiger partial charge is 0.344 e. The van der Waals surface area contributed by atoms with E-state index in [1.165, 1.54) is 42.4 Å². The fraction of sp³-hybridized carbons (Fsp3) is 0.278. The Morgan fingerprint density at radius 3 is 2.48 bits per heavy atom. The molecule has 2 heterocycles. The van der Waals surface area contributed by atoms with Crippen LogP contribution >= 0.6 is 0 Å². The summed E-state index contributed by atoms with van der Waals surface area (Å²) in [5.74, 6) is -3.94. The second kappa shape index (κ2) is 6.98. The van der Waals surface area contributed by atoms with E-state index in [1.54, 1.807) is 0 Å². The van der Waals surface area contributed by atoms with E-state index in [-0.39, 0.29) is 12.2 Å². The third kappa shape index (κ3) is 3.76. The lowest BCUT2D eigenvalue weighted by Crippen LogP contribution is -2.33. The number of likely N-dealkylation sites (N-methyl/N-ethyl adjacent to an activating group) is 1. The summed E-state index contributed by atoms with van der Waals surface area (Å²) in [5.41, 5.74) is -0.564. The van der Waals surface area contributed by atoms with E-state index in [2.05, 4.69) is 10.3 Å². The lowest BCUT2D eigenvalue weighted by Gasteiger charge is -2.17. The van der Waals surface area contributed by atoms with Crippen molar-refractivity contribution in [2.75, 3.05) is 18.9 Å². The number of anilines is 1. The summed E-state index contributed by atoms with van der Waals surface area (Å²) < 4.78 is 51.9. The Labute approximate surface area is 152 Å². The van der Waals surface area contributed by atoms with E-state index >= 15 is 0 Å². The number of halogens is 4. The molecule has 0 bridgehead atoms. The molecule has 0 aliphatic carbocycles. The molecule has 142 valence electrons. The Balaban J connectivity index is 1.87. The fourth-order valence-corrected chi connectivity index (χ4v) is 3.10. The fourth-order valence-electron chi connectivity index (χ4n) is 3.10. The Morgan fingerprint density at radius 1 is 1.22 bits per heavy atom. The molecule has 1 aliphatic rings. The molecular formula is C18H15F4N3O2. The van der Waals surface area contributed by atoms with Crippen molar-refractivity contribution < 1.29 is 27.2 Å². The molecule has 1 aliphatic heterocycles. The highest BCUT2D eigenvalue weighted by Gasteiger charge is 2.44. The normalized spacial score (nSPS) is 20.0. The van der Waals surface area contributed by atoms with Crippen LogP contribution in [0.5, 0.6) is 0 Å². The van der Waals surface area contributed by atoms with Gasteiger partial charge in [0.15, 0.2) is 0 Å². The molecule has 1 saturated heterocycles. The minimum absolute atomic E-state index is 0.164. The standard InChI is InChI=1S/C18H15F4N3O2/c1-25-9-12(10-4-6-11(7-5-10)18(20,21)22)14(17(25)27)16(26)24-13-3-2-8-23-15(13)19/h2-8,12,14H,9H2,1H3,(H,24,26)/t12-,14+/m1/s1. The summed E-state index contributed by atoms with van der Waals surface area (Å²) in [6.07, 6.45) is -3.26. The summed E-state index contributed by atoms with van der Waals surface area (Å²) in [5, 5.41) is 2.33. The molecule has 3 rings (SSSR count). The van der Waals surface area contributed by atoms with Crippen molar-refractivity contribution in [3.8, 4) is 0 Å². The predicted molar refractivity (Wildman–Crippen MR) is 88.1 cm³/mol.